The van der Waals surface area contributed by atoms with E-state index in [-0.39, 0.29) is 17.7 Å². The van der Waals surface area contributed by atoms with Crippen molar-refractivity contribution in [3.05, 3.63) is 72.9 Å². The Balaban J connectivity index is 1.56. The molecule has 2 bridgehead atoms. The topological polar surface area (TPSA) is 34.2 Å². The van der Waals surface area contributed by atoms with Crippen LogP contribution in [-0.2, 0) is 9.47 Å². The fraction of sp³-hybridized carbons (Fsp3) is 0.464. The molecule has 1 aromatic rings. The molecule has 4 atom stereocenters. The number of rotatable bonds is 9. The molecule has 34 heavy (non-hydrogen) atoms. The molecule has 2 heterocycles. The van der Waals surface area contributed by atoms with Gasteiger partial charge in [-0.1, -0.05) is 43.1 Å². The van der Waals surface area contributed by atoms with Crippen LogP contribution in [-0.4, -0.2) is 58.8 Å². The first kappa shape index (κ1) is 24.4. The molecule has 0 aromatic heterocycles. The second kappa shape index (κ2) is 10.7. The van der Waals surface area contributed by atoms with Crippen molar-refractivity contribution >= 4 is 23.8 Å². The van der Waals surface area contributed by atoms with Crippen LogP contribution in [0, 0.1) is 0 Å². The second-order valence-electron chi connectivity index (χ2n) is 9.69. The van der Waals surface area contributed by atoms with E-state index in [9.17, 15) is 0 Å². The molecule has 3 fully saturated rings. The summed E-state index contributed by atoms with van der Waals surface area (Å²) in [5.41, 5.74) is 5.58. The molecular weight excluding hydrogens is 444 g/mol. The third-order valence-electron chi connectivity index (χ3n) is 7.26. The number of hydrogen-bond donors (Lipinski definition) is 0. The van der Waals surface area contributed by atoms with E-state index >= 15 is 0 Å². The molecule has 0 radical (unpaired) electrons. The molecule has 5 nitrogen and oxygen atoms in total. The van der Waals surface area contributed by atoms with Crippen LogP contribution < -0.4 is 4.74 Å². The zero-order valence-corrected chi connectivity index (χ0v) is 21.1. The van der Waals surface area contributed by atoms with Gasteiger partial charge in [0.15, 0.2) is 0 Å². The molecule has 0 N–H and O–H groups in total. The average molecular weight is 481 g/mol. The number of nitrogens with zero attached hydrogens (tertiary/aromatic N) is 2. The second-order valence-corrected chi connectivity index (χ2v) is 9.90. The normalized spacial score (nSPS) is 29.0. The Labute approximate surface area is 209 Å². The quantitative estimate of drug-likeness (QED) is 0.256. The third kappa shape index (κ3) is 5.17. The highest BCUT2D eigenvalue weighted by molar-refractivity contribution is 7.78. The van der Waals surface area contributed by atoms with Gasteiger partial charge in [0.25, 0.3) is 0 Å². The van der Waals surface area contributed by atoms with Gasteiger partial charge in [0, 0.05) is 30.2 Å². The Kier molecular flexibility index (Phi) is 7.67. The van der Waals surface area contributed by atoms with E-state index in [0.29, 0.717) is 12.6 Å². The number of hydrogen-bond acceptors (Lipinski definition) is 5. The minimum absolute atomic E-state index is 0.00992. The first-order chi connectivity index (χ1) is 16.5. The van der Waals surface area contributed by atoms with E-state index in [2.05, 4.69) is 61.1 Å². The minimum atomic E-state index is -0.0389. The lowest BCUT2D eigenvalue weighted by Crippen LogP contribution is -2.53. The highest BCUT2D eigenvalue weighted by atomic mass is 32.1. The average Bonchev–Trinajstić information content (AvgIpc) is 3.13. The summed E-state index contributed by atoms with van der Waals surface area (Å²) in [7, 11) is 0. The number of ether oxygens (including phenoxy) is 3. The van der Waals surface area contributed by atoms with E-state index < -0.39 is 0 Å². The predicted octanol–water partition coefficient (Wildman–Crippen LogP) is 5.70. The van der Waals surface area contributed by atoms with Crippen LogP contribution in [0.3, 0.4) is 0 Å². The predicted molar refractivity (Wildman–Crippen MR) is 142 cm³/mol. The molecule has 2 saturated heterocycles. The number of thiocarbonyl (C=S) groups is 1. The van der Waals surface area contributed by atoms with Gasteiger partial charge >= 0.3 is 0 Å². The number of benzene rings is 1. The van der Waals surface area contributed by atoms with Crippen molar-refractivity contribution in [2.24, 2.45) is 0 Å². The minimum Gasteiger partial charge on any atom is -0.495 e. The molecule has 1 aliphatic carbocycles. The van der Waals surface area contributed by atoms with Crippen molar-refractivity contribution in [3.8, 4) is 5.75 Å². The molecule has 4 unspecified atom stereocenters. The van der Waals surface area contributed by atoms with Gasteiger partial charge < -0.3 is 24.0 Å². The highest BCUT2D eigenvalue weighted by Crippen LogP contribution is 2.48. The molecule has 4 rings (SSSR count). The Hall–Kier alpha value is -2.73. The first-order valence-electron chi connectivity index (χ1n) is 12.1. The van der Waals surface area contributed by atoms with Crippen molar-refractivity contribution in [3.63, 3.8) is 0 Å². The summed E-state index contributed by atoms with van der Waals surface area (Å²) >= 11 is 5.40. The van der Waals surface area contributed by atoms with Crippen LogP contribution in [0.1, 0.15) is 45.1 Å². The Bertz CT molecular complexity index is 953. The Morgan fingerprint density at radius 3 is 2.53 bits per heavy atom. The van der Waals surface area contributed by atoms with Crippen LogP contribution in [0.15, 0.2) is 67.3 Å². The summed E-state index contributed by atoms with van der Waals surface area (Å²) in [5.74, 6) is 0.881. The van der Waals surface area contributed by atoms with Crippen LogP contribution >= 0.6 is 12.2 Å². The molecule has 6 heteroatoms. The number of allylic oxidation sites excluding steroid dienone is 1. The summed E-state index contributed by atoms with van der Waals surface area (Å²) < 4.78 is 17.5. The summed E-state index contributed by atoms with van der Waals surface area (Å²) in [5, 5.41) is 0. The Morgan fingerprint density at radius 2 is 1.85 bits per heavy atom. The van der Waals surface area contributed by atoms with Crippen LogP contribution in [0.25, 0.3) is 6.08 Å². The molecule has 2 aliphatic heterocycles. The van der Waals surface area contributed by atoms with Gasteiger partial charge in [-0.05, 0) is 63.0 Å². The summed E-state index contributed by atoms with van der Waals surface area (Å²) in [6.07, 6.45) is 11.4. The molecule has 1 aromatic carbocycles. The fourth-order valence-electron chi connectivity index (χ4n) is 5.64. The van der Waals surface area contributed by atoms with Crippen LogP contribution in [0.2, 0.25) is 0 Å². The van der Waals surface area contributed by atoms with Crippen molar-refractivity contribution < 1.29 is 14.2 Å². The zero-order valence-electron chi connectivity index (χ0n) is 20.3. The van der Waals surface area contributed by atoms with Gasteiger partial charge in [-0.25, -0.2) is 0 Å². The molecule has 1 spiro atoms. The van der Waals surface area contributed by atoms with Crippen molar-refractivity contribution in [2.45, 2.75) is 63.3 Å². The molecule has 1 saturated carbocycles. The summed E-state index contributed by atoms with van der Waals surface area (Å²) in [4.78, 5) is 4.94. The monoisotopic (exact) mass is 480 g/mol. The maximum Gasteiger partial charge on any atom is 0.137 e. The SMILES string of the molecule is C=COC1CCC2(CC1OC=C)CC1CN2/C(=C\c2ccc(OCC=C(C)C)cc2)CN1C=S. The molecular formula is C28H36N2O3S. The lowest BCUT2D eigenvalue weighted by atomic mass is 9.76. The van der Waals surface area contributed by atoms with Crippen molar-refractivity contribution in [2.75, 3.05) is 19.7 Å². The third-order valence-corrected chi connectivity index (χ3v) is 7.53. The van der Waals surface area contributed by atoms with Gasteiger partial charge in [0.2, 0.25) is 0 Å². The first-order valence-corrected chi connectivity index (χ1v) is 12.5. The molecule has 0 amide bonds. The summed E-state index contributed by atoms with van der Waals surface area (Å²) in [6.45, 7) is 14.1. The van der Waals surface area contributed by atoms with E-state index in [1.54, 1.807) is 6.26 Å². The highest BCUT2D eigenvalue weighted by Gasteiger charge is 2.54. The lowest BCUT2D eigenvalue weighted by molar-refractivity contribution is -0.0673. The van der Waals surface area contributed by atoms with Gasteiger partial charge in [0.1, 0.15) is 24.6 Å². The largest absolute Gasteiger partial charge is 0.495 e. The summed E-state index contributed by atoms with van der Waals surface area (Å²) in [6, 6.07) is 8.76. The Morgan fingerprint density at radius 1 is 1.12 bits per heavy atom. The maximum absolute atomic E-state index is 5.93. The van der Waals surface area contributed by atoms with E-state index in [0.717, 1.165) is 50.1 Å². The van der Waals surface area contributed by atoms with E-state index in [1.807, 2.05) is 17.6 Å². The standard InChI is InChI=1S/C28H36N2O3S/c1-5-31-26-11-13-28(17-27(26)32-6-2)16-24-19-30(28)23(18-29(24)20-34)15-22-7-9-25(10-8-22)33-14-12-21(3)4/h5-10,12,15,20,24,26-27H,1-2,11,13-14,16-19H2,3-4H3/b23-15-. The molecule has 182 valence electrons. The van der Waals surface area contributed by atoms with Gasteiger partial charge in [-0.15, -0.1) is 0 Å². The number of piperazine rings is 1. The van der Waals surface area contributed by atoms with Crippen LogP contribution in [0.4, 0.5) is 0 Å². The fourth-order valence-corrected chi connectivity index (χ4v) is 5.89. The van der Waals surface area contributed by atoms with E-state index in [4.69, 9.17) is 26.4 Å². The van der Waals surface area contributed by atoms with Gasteiger partial charge in [-0.2, -0.15) is 0 Å². The maximum atomic E-state index is 5.93. The van der Waals surface area contributed by atoms with Gasteiger partial charge in [-0.3, -0.25) is 0 Å². The zero-order chi connectivity index (χ0) is 24.1. The van der Waals surface area contributed by atoms with E-state index in [1.165, 1.54) is 17.5 Å². The number of fused-ring (bicyclic) bond motifs is 3. The lowest BCUT2D eigenvalue weighted by Gasteiger charge is -2.48. The van der Waals surface area contributed by atoms with Crippen LogP contribution in [0.5, 0.6) is 5.75 Å². The van der Waals surface area contributed by atoms with Crippen molar-refractivity contribution in [1.82, 2.24) is 9.80 Å². The van der Waals surface area contributed by atoms with Gasteiger partial charge in [0.05, 0.1) is 24.6 Å². The molecule has 3 aliphatic rings. The smallest absolute Gasteiger partial charge is 0.137 e. The van der Waals surface area contributed by atoms with Crippen molar-refractivity contribution in [1.29, 1.82) is 0 Å².